The van der Waals surface area contributed by atoms with Crippen LogP contribution in [-0.4, -0.2) is 18.5 Å². The molecule has 5 nitrogen and oxygen atoms in total. The summed E-state index contributed by atoms with van der Waals surface area (Å²) in [4.78, 5) is 23.2. The maximum absolute atomic E-state index is 12.0. The molecule has 0 fully saturated rings. The lowest BCUT2D eigenvalue weighted by Crippen LogP contribution is -2.25. The summed E-state index contributed by atoms with van der Waals surface area (Å²) in [7, 11) is 0. The zero-order valence-corrected chi connectivity index (χ0v) is 12.3. The van der Waals surface area contributed by atoms with Gasteiger partial charge < -0.3 is 14.8 Å². The highest BCUT2D eigenvalue weighted by Gasteiger charge is 2.17. The second-order valence-electron chi connectivity index (χ2n) is 4.39. The van der Waals surface area contributed by atoms with Gasteiger partial charge in [-0.05, 0) is 30.3 Å². The second kappa shape index (κ2) is 5.57. The monoisotopic (exact) mass is 347 g/mol. The van der Waals surface area contributed by atoms with Crippen molar-refractivity contribution in [3.8, 4) is 11.5 Å². The van der Waals surface area contributed by atoms with Gasteiger partial charge in [0.05, 0.1) is 11.3 Å². The Bertz CT molecular complexity index is 729. The van der Waals surface area contributed by atoms with Gasteiger partial charge in [-0.3, -0.25) is 4.79 Å². The van der Waals surface area contributed by atoms with Crippen molar-refractivity contribution < 1.29 is 19.1 Å². The first-order valence-electron chi connectivity index (χ1n) is 6.16. The molecule has 0 atom stereocenters. The van der Waals surface area contributed by atoms with E-state index in [0.29, 0.717) is 22.7 Å². The molecule has 1 aliphatic heterocycles. The number of ether oxygens (including phenoxy) is 2. The van der Waals surface area contributed by atoms with Crippen LogP contribution >= 0.6 is 15.9 Å². The third-order valence-electron chi connectivity index (χ3n) is 2.86. The Hall–Kier alpha value is -2.34. The largest absolute Gasteiger partial charge is 0.481 e. The first-order valence-corrected chi connectivity index (χ1v) is 6.95. The number of anilines is 1. The molecule has 1 N–H and O–H groups in total. The van der Waals surface area contributed by atoms with Gasteiger partial charge in [0.2, 0.25) is 0 Å². The van der Waals surface area contributed by atoms with Gasteiger partial charge >= 0.3 is 5.97 Å². The molecule has 1 amide bonds. The van der Waals surface area contributed by atoms with Crippen LogP contribution in [0.15, 0.2) is 46.9 Å². The van der Waals surface area contributed by atoms with Crippen molar-refractivity contribution in [3.05, 3.63) is 52.5 Å². The molecule has 0 saturated carbocycles. The van der Waals surface area contributed by atoms with Crippen LogP contribution in [-0.2, 0) is 4.79 Å². The van der Waals surface area contributed by atoms with Gasteiger partial charge in [-0.25, -0.2) is 4.79 Å². The van der Waals surface area contributed by atoms with Crippen LogP contribution < -0.4 is 14.8 Å². The van der Waals surface area contributed by atoms with E-state index in [1.807, 2.05) is 6.07 Å². The molecule has 3 rings (SSSR count). The van der Waals surface area contributed by atoms with Crippen LogP contribution in [0.25, 0.3) is 0 Å². The number of amides is 1. The molecule has 0 aliphatic carbocycles. The van der Waals surface area contributed by atoms with E-state index in [1.54, 1.807) is 36.4 Å². The Labute approximate surface area is 129 Å². The number of carbonyl (C=O) groups excluding carboxylic acids is 2. The Morgan fingerprint density at radius 2 is 2.10 bits per heavy atom. The van der Waals surface area contributed by atoms with Crippen molar-refractivity contribution in [3.63, 3.8) is 0 Å². The molecule has 6 heteroatoms. The van der Waals surface area contributed by atoms with Crippen molar-refractivity contribution in [2.45, 2.75) is 0 Å². The standard InChI is InChI=1S/C15H10BrNO4/c16-10-3-1-2-9(6-10)15(19)21-11-4-5-12-13(7-11)20-8-14(18)17-12/h1-7H,8H2,(H,17,18). The van der Waals surface area contributed by atoms with Gasteiger partial charge in [0, 0.05) is 10.5 Å². The summed E-state index contributed by atoms with van der Waals surface area (Å²) < 4.78 is 11.4. The van der Waals surface area contributed by atoms with Gasteiger partial charge in [-0.2, -0.15) is 0 Å². The lowest BCUT2D eigenvalue weighted by atomic mass is 10.2. The molecule has 1 heterocycles. The van der Waals surface area contributed by atoms with Crippen LogP contribution in [0, 0.1) is 0 Å². The van der Waals surface area contributed by atoms with Gasteiger partial charge in [0.15, 0.2) is 6.61 Å². The lowest BCUT2D eigenvalue weighted by Gasteiger charge is -2.18. The second-order valence-corrected chi connectivity index (χ2v) is 5.31. The maximum atomic E-state index is 12.0. The zero-order valence-electron chi connectivity index (χ0n) is 10.8. The zero-order chi connectivity index (χ0) is 14.8. The van der Waals surface area contributed by atoms with E-state index in [1.165, 1.54) is 0 Å². The molecule has 2 aromatic rings. The number of halogens is 1. The molecular formula is C15H10BrNO4. The van der Waals surface area contributed by atoms with Gasteiger partial charge in [-0.1, -0.05) is 22.0 Å². The van der Waals surface area contributed by atoms with Gasteiger partial charge in [0.25, 0.3) is 5.91 Å². The highest BCUT2D eigenvalue weighted by molar-refractivity contribution is 9.10. The summed E-state index contributed by atoms with van der Waals surface area (Å²) in [5.74, 6) is 0.168. The molecule has 0 aromatic heterocycles. The molecule has 0 saturated heterocycles. The van der Waals surface area contributed by atoms with Crippen LogP contribution in [0.5, 0.6) is 11.5 Å². The summed E-state index contributed by atoms with van der Waals surface area (Å²) in [5.41, 5.74) is 1.00. The van der Waals surface area contributed by atoms with Crippen molar-refractivity contribution in [2.24, 2.45) is 0 Å². The first kappa shape index (κ1) is 13.6. The Kier molecular flexibility index (Phi) is 3.62. The number of carbonyl (C=O) groups is 2. The molecule has 2 aromatic carbocycles. The number of nitrogens with one attached hydrogen (secondary N) is 1. The molecule has 0 bridgehead atoms. The van der Waals surface area contributed by atoms with Gasteiger partial charge in [0.1, 0.15) is 11.5 Å². The molecule has 0 unspecified atom stereocenters. The SMILES string of the molecule is O=C1COc2cc(OC(=O)c3cccc(Br)c3)ccc2N1. The lowest BCUT2D eigenvalue weighted by molar-refractivity contribution is -0.118. The van der Waals surface area contributed by atoms with E-state index in [0.717, 1.165) is 4.47 Å². The highest BCUT2D eigenvalue weighted by Crippen LogP contribution is 2.31. The minimum Gasteiger partial charge on any atom is -0.481 e. The van der Waals surface area contributed by atoms with Crippen LogP contribution in [0.4, 0.5) is 5.69 Å². The minimum atomic E-state index is -0.462. The summed E-state index contributed by atoms with van der Waals surface area (Å²) in [6.45, 7) is -0.0456. The van der Waals surface area contributed by atoms with E-state index in [2.05, 4.69) is 21.2 Å². The molecule has 0 spiro atoms. The van der Waals surface area contributed by atoms with E-state index < -0.39 is 5.97 Å². The van der Waals surface area contributed by atoms with Crippen molar-refractivity contribution >= 4 is 33.5 Å². The Morgan fingerprint density at radius 3 is 2.90 bits per heavy atom. The summed E-state index contributed by atoms with van der Waals surface area (Å²) in [5, 5.41) is 2.67. The fourth-order valence-corrected chi connectivity index (χ4v) is 2.30. The number of fused-ring (bicyclic) bond motifs is 1. The molecule has 1 aliphatic rings. The van der Waals surface area contributed by atoms with Crippen LogP contribution in [0.3, 0.4) is 0 Å². The minimum absolute atomic E-state index is 0.0456. The van der Waals surface area contributed by atoms with Crippen LogP contribution in [0.2, 0.25) is 0 Å². The predicted molar refractivity (Wildman–Crippen MR) is 79.7 cm³/mol. The molecular weight excluding hydrogens is 338 g/mol. The number of esters is 1. The first-order chi connectivity index (χ1) is 10.1. The predicted octanol–water partition coefficient (Wildman–Crippen LogP) is 3.00. The van der Waals surface area contributed by atoms with Crippen molar-refractivity contribution in [1.29, 1.82) is 0 Å². The highest BCUT2D eigenvalue weighted by atomic mass is 79.9. The van der Waals surface area contributed by atoms with Crippen LogP contribution in [0.1, 0.15) is 10.4 Å². The number of rotatable bonds is 2. The molecule has 0 radical (unpaired) electrons. The van der Waals surface area contributed by atoms with E-state index in [-0.39, 0.29) is 12.5 Å². The van der Waals surface area contributed by atoms with E-state index in [4.69, 9.17) is 9.47 Å². The van der Waals surface area contributed by atoms with Crippen molar-refractivity contribution in [2.75, 3.05) is 11.9 Å². The summed E-state index contributed by atoms with van der Waals surface area (Å²) >= 11 is 3.30. The van der Waals surface area contributed by atoms with E-state index >= 15 is 0 Å². The maximum Gasteiger partial charge on any atom is 0.343 e. The Morgan fingerprint density at radius 1 is 1.24 bits per heavy atom. The smallest absolute Gasteiger partial charge is 0.343 e. The molecule has 106 valence electrons. The summed E-state index contributed by atoms with van der Waals surface area (Å²) in [6, 6.07) is 11.7. The average molecular weight is 348 g/mol. The molecule has 21 heavy (non-hydrogen) atoms. The number of hydrogen-bond acceptors (Lipinski definition) is 4. The van der Waals surface area contributed by atoms with E-state index in [9.17, 15) is 9.59 Å². The number of hydrogen-bond donors (Lipinski definition) is 1. The third kappa shape index (κ3) is 3.05. The quantitative estimate of drug-likeness (QED) is 0.669. The fourth-order valence-electron chi connectivity index (χ4n) is 1.90. The van der Waals surface area contributed by atoms with Crippen molar-refractivity contribution in [1.82, 2.24) is 0 Å². The Balaban J connectivity index is 1.79. The topological polar surface area (TPSA) is 64.6 Å². The normalized spacial score (nSPS) is 12.9. The number of benzene rings is 2. The third-order valence-corrected chi connectivity index (χ3v) is 3.35. The summed E-state index contributed by atoms with van der Waals surface area (Å²) in [6.07, 6.45) is 0. The van der Waals surface area contributed by atoms with Gasteiger partial charge in [-0.15, -0.1) is 0 Å². The fraction of sp³-hybridized carbons (Fsp3) is 0.0667. The average Bonchev–Trinajstić information content (AvgIpc) is 2.47.